The van der Waals surface area contributed by atoms with Crippen LogP contribution in [0.5, 0.6) is 11.5 Å². The van der Waals surface area contributed by atoms with Gasteiger partial charge in [-0.25, -0.2) is 0 Å². The molecule has 0 aromatic heterocycles. The van der Waals surface area contributed by atoms with Gasteiger partial charge >= 0.3 is 0 Å². The third kappa shape index (κ3) is 3.32. The summed E-state index contributed by atoms with van der Waals surface area (Å²) in [4.78, 5) is 26.4. The van der Waals surface area contributed by atoms with Crippen LogP contribution in [-0.2, 0) is 4.57 Å². The fraction of sp³-hybridized carbons (Fsp3) is 0.300. The molecule has 0 fully saturated rings. The summed E-state index contributed by atoms with van der Waals surface area (Å²) in [5.74, 6) is 0.467. The van der Waals surface area contributed by atoms with Crippen molar-refractivity contribution in [3.8, 4) is 11.5 Å². The average Bonchev–Trinajstić information content (AvgIpc) is 2.65. The normalized spacial score (nSPS) is 13.0. The van der Waals surface area contributed by atoms with Gasteiger partial charge in [0.15, 0.2) is 0 Å². The second-order valence-corrected chi connectivity index (χ2v) is 8.89. The summed E-state index contributed by atoms with van der Waals surface area (Å²) in [5.41, 5.74) is 0.435. The SMILES string of the molecule is CCP(=O)(C(=O)c1c(C)cccc1C)C(=O)c1c(OC)cccc1OC. The molecule has 0 bridgehead atoms. The minimum atomic E-state index is -3.90. The lowest BCUT2D eigenvalue weighted by molar-refractivity contribution is 0.103. The van der Waals surface area contributed by atoms with Crippen LogP contribution in [0.25, 0.3) is 0 Å². The summed E-state index contributed by atoms with van der Waals surface area (Å²) >= 11 is 0. The van der Waals surface area contributed by atoms with E-state index in [4.69, 9.17) is 9.47 Å². The molecule has 1 atom stereocenters. The van der Waals surface area contributed by atoms with Crippen LogP contribution >= 0.6 is 7.14 Å². The van der Waals surface area contributed by atoms with Crippen molar-refractivity contribution in [3.63, 3.8) is 0 Å². The molecule has 0 heterocycles. The van der Waals surface area contributed by atoms with Crippen LogP contribution in [0.15, 0.2) is 36.4 Å². The predicted octanol–water partition coefficient (Wildman–Crippen LogP) is 4.68. The summed E-state index contributed by atoms with van der Waals surface area (Å²) < 4.78 is 24.1. The van der Waals surface area contributed by atoms with Crippen molar-refractivity contribution in [2.24, 2.45) is 0 Å². The Balaban J connectivity index is 2.66. The van der Waals surface area contributed by atoms with Gasteiger partial charge in [0.1, 0.15) is 17.1 Å². The Morgan fingerprint density at radius 2 is 1.27 bits per heavy atom. The first-order valence-corrected chi connectivity index (χ1v) is 10.2. The van der Waals surface area contributed by atoms with Gasteiger partial charge in [-0.2, -0.15) is 0 Å². The van der Waals surface area contributed by atoms with Gasteiger partial charge in [-0.1, -0.05) is 31.2 Å². The van der Waals surface area contributed by atoms with Gasteiger partial charge in [-0.15, -0.1) is 0 Å². The van der Waals surface area contributed by atoms with Gasteiger partial charge in [-0.05, 0) is 37.1 Å². The van der Waals surface area contributed by atoms with Crippen molar-refractivity contribution >= 4 is 18.2 Å². The molecule has 2 rings (SSSR count). The fourth-order valence-electron chi connectivity index (χ4n) is 2.95. The van der Waals surface area contributed by atoms with E-state index in [0.717, 1.165) is 0 Å². The van der Waals surface area contributed by atoms with Crippen LogP contribution in [0, 0.1) is 13.8 Å². The van der Waals surface area contributed by atoms with E-state index in [2.05, 4.69) is 0 Å². The van der Waals surface area contributed by atoms with Crippen molar-refractivity contribution in [1.82, 2.24) is 0 Å². The molecule has 0 aliphatic rings. The molecular weight excluding hydrogens is 351 g/mol. The smallest absolute Gasteiger partial charge is 0.236 e. The quantitative estimate of drug-likeness (QED) is 0.658. The van der Waals surface area contributed by atoms with E-state index in [0.29, 0.717) is 16.7 Å². The summed E-state index contributed by atoms with van der Waals surface area (Å²) in [6, 6.07) is 10.2. The van der Waals surface area contributed by atoms with Gasteiger partial charge < -0.3 is 14.0 Å². The first kappa shape index (κ1) is 19.9. The van der Waals surface area contributed by atoms with Crippen LogP contribution < -0.4 is 9.47 Å². The maximum Gasteiger partial charge on any atom is 0.236 e. The highest BCUT2D eigenvalue weighted by Crippen LogP contribution is 2.54. The lowest BCUT2D eigenvalue weighted by atomic mass is 10.0. The molecule has 0 aliphatic heterocycles. The highest BCUT2D eigenvalue weighted by molar-refractivity contribution is 7.95. The van der Waals surface area contributed by atoms with E-state index >= 15 is 0 Å². The number of hydrogen-bond acceptors (Lipinski definition) is 5. The second-order valence-electron chi connectivity index (χ2n) is 5.97. The topological polar surface area (TPSA) is 69.7 Å². The Hall–Kier alpha value is -2.39. The third-order valence-electron chi connectivity index (χ3n) is 4.44. The second kappa shape index (κ2) is 7.88. The van der Waals surface area contributed by atoms with Crippen LogP contribution in [0.1, 0.15) is 38.8 Å². The zero-order chi connectivity index (χ0) is 19.5. The zero-order valence-corrected chi connectivity index (χ0v) is 16.6. The van der Waals surface area contributed by atoms with E-state index in [9.17, 15) is 14.2 Å². The number of carbonyl (C=O) groups is 2. The predicted molar refractivity (Wildman–Crippen MR) is 102 cm³/mol. The lowest BCUT2D eigenvalue weighted by Gasteiger charge is -2.19. The molecule has 5 nitrogen and oxygen atoms in total. The summed E-state index contributed by atoms with van der Waals surface area (Å²) in [5, 5.41) is 0. The number of methoxy groups -OCH3 is 2. The molecule has 0 saturated heterocycles. The lowest BCUT2D eigenvalue weighted by Crippen LogP contribution is -2.16. The molecule has 1 unspecified atom stereocenters. The van der Waals surface area contributed by atoms with Gasteiger partial charge in [0, 0.05) is 11.7 Å². The first-order chi connectivity index (χ1) is 12.3. The van der Waals surface area contributed by atoms with Crippen LogP contribution in [0.2, 0.25) is 0 Å². The molecular formula is C20H23O5P. The van der Waals surface area contributed by atoms with E-state index < -0.39 is 18.2 Å². The van der Waals surface area contributed by atoms with E-state index in [1.165, 1.54) is 14.2 Å². The molecule has 0 saturated carbocycles. The first-order valence-electron chi connectivity index (χ1n) is 8.27. The molecule has 2 aromatic carbocycles. The Labute approximate surface area is 153 Å². The monoisotopic (exact) mass is 374 g/mol. The van der Waals surface area contributed by atoms with Crippen LogP contribution in [0.3, 0.4) is 0 Å². The molecule has 0 N–H and O–H groups in total. The molecule has 138 valence electrons. The standard InChI is InChI=1S/C20H23O5P/c1-6-26(23,19(21)17-13(2)9-7-10-14(17)3)20(22)18-15(24-4)11-8-12-16(18)25-5/h7-12H,6H2,1-5H3. The van der Waals surface area contributed by atoms with Gasteiger partial charge in [-0.3, -0.25) is 9.59 Å². The minimum Gasteiger partial charge on any atom is -0.496 e. The third-order valence-corrected chi connectivity index (χ3v) is 7.09. The Bertz CT molecular complexity index is 859. The van der Waals surface area contributed by atoms with Gasteiger partial charge in [0.2, 0.25) is 18.2 Å². The number of carbonyl (C=O) groups excluding carboxylic acids is 2. The van der Waals surface area contributed by atoms with Crippen molar-refractivity contribution in [3.05, 3.63) is 58.7 Å². The van der Waals surface area contributed by atoms with E-state index in [1.807, 2.05) is 6.07 Å². The van der Waals surface area contributed by atoms with Crippen LogP contribution in [0.4, 0.5) is 0 Å². The summed E-state index contributed by atoms with van der Waals surface area (Å²) in [7, 11) is -1.07. The van der Waals surface area contributed by atoms with Crippen molar-refractivity contribution in [2.75, 3.05) is 20.4 Å². The van der Waals surface area contributed by atoms with E-state index in [-0.39, 0.29) is 23.2 Å². The molecule has 2 aromatic rings. The zero-order valence-electron chi connectivity index (χ0n) is 15.7. The van der Waals surface area contributed by atoms with Crippen molar-refractivity contribution in [1.29, 1.82) is 0 Å². The Morgan fingerprint density at radius 1 is 0.846 bits per heavy atom. The highest BCUT2D eigenvalue weighted by Gasteiger charge is 2.42. The van der Waals surface area contributed by atoms with Gasteiger partial charge in [0.05, 0.1) is 14.2 Å². The maximum absolute atomic E-state index is 13.6. The number of hydrogen-bond donors (Lipinski definition) is 0. The number of ether oxygens (including phenoxy) is 2. The fourth-order valence-corrected chi connectivity index (χ4v) is 5.01. The Morgan fingerprint density at radius 3 is 1.69 bits per heavy atom. The van der Waals surface area contributed by atoms with Crippen molar-refractivity contribution < 1.29 is 23.6 Å². The molecule has 0 spiro atoms. The molecule has 6 heteroatoms. The number of aryl methyl sites for hydroxylation is 2. The summed E-state index contributed by atoms with van der Waals surface area (Å²) in [6.07, 6.45) is -0.0698. The molecule has 26 heavy (non-hydrogen) atoms. The molecule has 0 radical (unpaired) electrons. The number of rotatable bonds is 7. The minimum absolute atomic E-state index is 0.0438. The Kier molecular flexibility index (Phi) is 6.04. The molecule has 0 amide bonds. The maximum atomic E-state index is 13.6. The number of benzene rings is 2. The highest BCUT2D eigenvalue weighted by atomic mass is 31.2. The molecule has 0 aliphatic carbocycles. The van der Waals surface area contributed by atoms with Crippen LogP contribution in [-0.4, -0.2) is 31.4 Å². The largest absolute Gasteiger partial charge is 0.496 e. The average molecular weight is 374 g/mol. The van der Waals surface area contributed by atoms with Crippen molar-refractivity contribution in [2.45, 2.75) is 20.8 Å². The van der Waals surface area contributed by atoms with E-state index in [1.54, 1.807) is 51.1 Å². The van der Waals surface area contributed by atoms with Gasteiger partial charge in [0.25, 0.3) is 0 Å². The summed E-state index contributed by atoms with van der Waals surface area (Å²) in [6.45, 7) is 5.13.